The van der Waals surface area contributed by atoms with E-state index in [9.17, 15) is 9.18 Å². The Kier molecular flexibility index (Phi) is 4.43. The number of hydrogen-bond acceptors (Lipinski definition) is 2. The van der Waals surface area contributed by atoms with Crippen LogP contribution in [0.25, 0.3) is 0 Å². The van der Waals surface area contributed by atoms with Crippen molar-refractivity contribution >= 4 is 5.91 Å². The minimum absolute atomic E-state index is 0.222. The van der Waals surface area contributed by atoms with E-state index in [0.717, 1.165) is 0 Å². The normalized spacial score (nSPS) is 12.2. The van der Waals surface area contributed by atoms with Gasteiger partial charge >= 0.3 is 0 Å². The molecule has 16 heavy (non-hydrogen) atoms. The van der Waals surface area contributed by atoms with Crippen molar-refractivity contribution in [2.24, 2.45) is 11.7 Å². The molecule has 0 aromatic heterocycles. The third-order valence-electron chi connectivity index (χ3n) is 2.45. The molecule has 0 aliphatic rings. The molecule has 0 saturated carbocycles. The summed E-state index contributed by atoms with van der Waals surface area (Å²) in [6, 6.07) is 4.45. The van der Waals surface area contributed by atoms with Crippen molar-refractivity contribution in [3.8, 4) is 0 Å². The van der Waals surface area contributed by atoms with Gasteiger partial charge in [-0.1, -0.05) is 13.0 Å². The number of benzene rings is 1. The predicted octanol–water partition coefficient (Wildman–Crippen LogP) is 1.46. The van der Waals surface area contributed by atoms with Crippen molar-refractivity contribution < 1.29 is 9.18 Å². The Hall–Kier alpha value is -1.42. The first-order chi connectivity index (χ1) is 7.54. The van der Waals surface area contributed by atoms with Crippen molar-refractivity contribution in [3.05, 3.63) is 35.1 Å². The number of carbonyl (C=O) groups is 1. The zero-order chi connectivity index (χ0) is 12.1. The molecule has 3 N–H and O–H groups in total. The first kappa shape index (κ1) is 12.6. The standard InChI is InChI=1S/C12H17FN2O/c1-8(6-14)7-15-12(16)10-4-3-9(2)11(13)5-10/h3-5,8H,6-7,14H2,1-2H3,(H,15,16). The van der Waals surface area contributed by atoms with E-state index in [1.165, 1.54) is 6.07 Å². The Morgan fingerprint density at radius 1 is 1.56 bits per heavy atom. The van der Waals surface area contributed by atoms with E-state index >= 15 is 0 Å². The Balaban J connectivity index is 2.63. The minimum atomic E-state index is -0.362. The number of aryl methyl sites for hydroxylation is 1. The Labute approximate surface area is 94.8 Å². The van der Waals surface area contributed by atoms with Gasteiger partial charge in [0.05, 0.1) is 0 Å². The van der Waals surface area contributed by atoms with Gasteiger partial charge in [-0.2, -0.15) is 0 Å². The average Bonchev–Trinajstić information content (AvgIpc) is 2.29. The van der Waals surface area contributed by atoms with Crippen LogP contribution in [0.5, 0.6) is 0 Å². The maximum atomic E-state index is 13.2. The fourth-order valence-electron chi connectivity index (χ4n) is 1.19. The molecule has 0 spiro atoms. The van der Waals surface area contributed by atoms with Gasteiger partial charge in [0.15, 0.2) is 0 Å². The van der Waals surface area contributed by atoms with Gasteiger partial charge in [0.1, 0.15) is 5.82 Å². The molecular weight excluding hydrogens is 207 g/mol. The van der Waals surface area contributed by atoms with Gasteiger partial charge in [-0.3, -0.25) is 4.79 Å². The molecule has 1 unspecified atom stereocenters. The zero-order valence-electron chi connectivity index (χ0n) is 9.59. The number of halogens is 1. The van der Waals surface area contributed by atoms with Crippen molar-refractivity contribution in [2.75, 3.05) is 13.1 Å². The van der Waals surface area contributed by atoms with Crippen LogP contribution >= 0.6 is 0 Å². The molecule has 1 aromatic carbocycles. The van der Waals surface area contributed by atoms with E-state index < -0.39 is 0 Å². The van der Waals surface area contributed by atoms with Crippen LogP contribution in [0.15, 0.2) is 18.2 Å². The summed E-state index contributed by atoms with van der Waals surface area (Å²) >= 11 is 0. The summed E-state index contributed by atoms with van der Waals surface area (Å²) in [5, 5.41) is 2.71. The molecule has 4 heteroatoms. The highest BCUT2D eigenvalue weighted by Crippen LogP contribution is 2.09. The Morgan fingerprint density at radius 3 is 2.81 bits per heavy atom. The van der Waals surface area contributed by atoms with Crippen LogP contribution in [0.2, 0.25) is 0 Å². The molecule has 0 aliphatic heterocycles. The van der Waals surface area contributed by atoms with E-state index in [1.807, 2.05) is 6.92 Å². The molecule has 1 aromatic rings. The fourth-order valence-corrected chi connectivity index (χ4v) is 1.19. The zero-order valence-corrected chi connectivity index (χ0v) is 9.59. The van der Waals surface area contributed by atoms with Crippen LogP contribution in [0.4, 0.5) is 4.39 Å². The third-order valence-corrected chi connectivity index (χ3v) is 2.45. The van der Waals surface area contributed by atoms with E-state index in [4.69, 9.17) is 5.73 Å². The van der Waals surface area contributed by atoms with Crippen LogP contribution < -0.4 is 11.1 Å². The van der Waals surface area contributed by atoms with E-state index in [-0.39, 0.29) is 17.6 Å². The van der Waals surface area contributed by atoms with E-state index in [2.05, 4.69) is 5.32 Å². The summed E-state index contributed by atoms with van der Waals surface area (Å²) < 4.78 is 13.2. The highest BCUT2D eigenvalue weighted by Gasteiger charge is 2.08. The number of nitrogens with two attached hydrogens (primary N) is 1. The molecule has 0 aliphatic carbocycles. The summed E-state index contributed by atoms with van der Waals surface area (Å²) in [4.78, 5) is 11.6. The lowest BCUT2D eigenvalue weighted by atomic mass is 10.1. The lowest BCUT2D eigenvalue weighted by molar-refractivity contribution is 0.0948. The van der Waals surface area contributed by atoms with Gasteiger partial charge in [0, 0.05) is 12.1 Å². The molecule has 0 fully saturated rings. The molecule has 3 nitrogen and oxygen atoms in total. The SMILES string of the molecule is Cc1ccc(C(=O)NCC(C)CN)cc1F. The largest absolute Gasteiger partial charge is 0.352 e. The summed E-state index contributed by atoms with van der Waals surface area (Å²) in [7, 11) is 0. The summed E-state index contributed by atoms with van der Waals surface area (Å²) in [5.41, 5.74) is 6.30. The quantitative estimate of drug-likeness (QED) is 0.813. The number of nitrogens with one attached hydrogen (secondary N) is 1. The maximum Gasteiger partial charge on any atom is 0.251 e. The van der Waals surface area contributed by atoms with Crippen molar-refractivity contribution in [1.29, 1.82) is 0 Å². The number of carbonyl (C=O) groups excluding carboxylic acids is 1. The predicted molar refractivity (Wildman–Crippen MR) is 61.7 cm³/mol. The van der Waals surface area contributed by atoms with Gasteiger partial charge in [-0.15, -0.1) is 0 Å². The van der Waals surface area contributed by atoms with Crippen LogP contribution in [-0.4, -0.2) is 19.0 Å². The van der Waals surface area contributed by atoms with Crippen LogP contribution in [-0.2, 0) is 0 Å². The first-order valence-corrected chi connectivity index (χ1v) is 5.29. The molecular formula is C12H17FN2O. The number of hydrogen-bond donors (Lipinski definition) is 2. The van der Waals surface area contributed by atoms with Crippen LogP contribution in [0, 0.1) is 18.7 Å². The van der Waals surface area contributed by atoms with E-state index in [1.54, 1.807) is 19.1 Å². The van der Waals surface area contributed by atoms with Gasteiger partial charge in [0.25, 0.3) is 5.91 Å². The number of amides is 1. The van der Waals surface area contributed by atoms with Crippen molar-refractivity contribution in [3.63, 3.8) is 0 Å². The molecule has 1 rings (SSSR count). The third kappa shape index (κ3) is 3.31. The van der Waals surface area contributed by atoms with E-state index in [0.29, 0.717) is 24.2 Å². The maximum absolute atomic E-state index is 13.2. The molecule has 0 radical (unpaired) electrons. The fraction of sp³-hybridized carbons (Fsp3) is 0.417. The average molecular weight is 224 g/mol. The summed E-state index contributed by atoms with van der Waals surface area (Å²) in [6.07, 6.45) is 0. The second kappa shape index (κ2) is 5.61. The van der Waals surface area contributed by atoms with Crippen LogP contribution in [0.3, 0.4) is 0 Å². The van der Waals surface area contributed by atoms with Crippen LogP contribution in [0.1, 0.15) is 22.8 Å². The second-order valence-electron chi connectivity index (χ2n) is 4.01. The molecule has 88 valence electrons. The molecule has 0 saturated heterocycles. The van der Waals surface area contributed by atoms with Crippen molar-refractivity contribution in [1.82, 2.24) is 5.32 Å². The van der Waals surface area contributed by atoms with Gasteiger partial charge < -0.3 is 11.1 Å². The van der Waals surface area contributed by atoms with Gasteiger partial charge in [-0.05, 0) is 37.1 Å². The van der Waals surface area contributed by atoms with Gasteiger partial charge in [-0.25, -0.2) is 4.39 Å². The smallest absolute Gasteiger partial charge is 0.251 e. The summed E-state index contributed by atoms with van der Waals surface area (Å²) in [6.45, 7) is 4.62. The Bertz CT molecular complexity index is 379. The molecule has 0 heterocycles. The highest BCUT2D eigenvalue weighted by atomic mass is 19.1. The minimum Gasteiger partial charge on any atom is -0.352 e. The molecule has 0 bridgehead atoms. The lowest BCUT2D eigenvalue weighted by Crippen LogP contribution is -2.31. The van der Waals surface area contributed by atoms with Gasteiger partial charge in [0.2, 0.25) is 0 Å². The molecule has 1 atom stereocenters. The topological polar surface area (TPSA) is 55.1 Å². The lowest BCUT2D eigenvalue weighted by Gasteiger charge is -2.10. The highest BCUT2D eigenvalue weighted by molar-refractivity contribution is 5.94. The Morgan fingerprint density at radius 2 is 2.25 bits per heavy atom. The molecule has 1 amide bonds. The number of rotatable bonds is 4. The second-order valence-corrected chi connectivity index (χ2v) is 4.01. The monoisotopic (exact) mass is 224 g/mol. The summed E-state index contributed by atoms with van der Waals surface area (Å²) in [5.74, 6) is -0.405. The van der Waals surface area contributed by atoms with Crippen molar-refractivity contribution in [2.45, 2.75) is 13.8 Å². The first-order valence-electron chi connectivity index (χ1n) is 5.29.